The minimum atomic E-state index is 0. The van der Waals surface area contributed by atoms with Gasteiger partial charge >= 0.3 is 0 Å². The molecule has 2 nitrogen and oxygen atoms in total. The molecule has 104 valence electrons. The van der Waals surface area contributed by atoms with E-state index in [2.05, 4.69) is 0 Å². The number of halogens is 4. The second kappa shape index (κ2) is 9.16. The van der Waals surface area contributed by atoms with Crippen molar-refractivity contribution in [1.29, 1.82) is 0 Å². The van der Waals surface area contributed by atoms with Gasteiger partial charge in [0, 0.05) is 10.0 Å². The molecule has 0 unspecified atom stereocenters. The fourth-order valence-electron chi connectivity index (χ4n) is 1.23. The lowest BCUT2D eigenvalue weighted by molar-refractivity contribution is 0.120. The van der Waals surface area contributed by atoms with E-state index in [0.717, 1.165) is 0 Å². The van der Waals surface area contributed by atoms with Gasteiger partial charge in [-0.3, -0.25) is 0 Å². The largest absolute Gasteiger partial charge is 0.458 e. The van der Waals surface area contributed by atoms with Crippen LogP contribution >= 0.6 is 48.0 Å². The molecule has 0 bridgehead atoms. The zero-order valence-corrected chi connectivity index (χ0v) is 12.9. The highest BCUT2D eigenvalue weighted by Crippen LogP contribution is 2.17. The van der Waals surface area contributed by atoms with E-state index in [1.54, 1.807) is 48.5 Å². The normalized spacial score (nSPS) is 8.95. The first kappa shape index (κ1) is 18.2. The molecule has 0 atom stereocenters. The minimum Gasteiger partial charge on any atom is -0.458 e. The third kappa shape index (κ3) is 6.26. The summed E-state index contributed by atoms with van der Waals surface area (Å²) in [5.74, 6) is 1.42. The molecule has 0 aliphatic rings. The standard InChI is InChI=1S/C13H10Cl2O2.2ClH/c14-10-1-5-12(6-2-10)16-9-17-13-7-3-11(15)4-8-13;;/h1-8H,9H2;2*1H. The number of ether oxygens (including phenoxy) is 2. The molecule has 0 N–H and O–H groups in total. The van der Waals surface area contributed by atoms with Gasteiger partial charge in [-0.1, -0.05) is 23.2 Å². The molecular formula is C13H12Cl4O2. The van der Waals surface area contributed by atoms with Crippen LogP contribution in [0.25, 0.3) is 0 Å². The fraction of sp³-hybridized carbons (Fsp3) is 0.0769. The number of hydrogen-bond acceptors (Lipinski definition) is 2. The van der Waals surface area contributed by atoms with Crippen LogP contribution in [0.3, 0.4) is 0 Å². The van der Waals surface area contributed by atoms with Crippen LogP contribution in [0.4, 0.5) is 0 Å². The van der Waals surface area contributed by atoms with Gasteiger partial charge in [-0.25, -0.2) is 0 Å². The molecule has 0 saturated carbocycles. The summed E-state index contributed by atoms with van der Waals surface area (Å²) in [5, 5.41) is 1.35. The van der Waals surface area contributed by atoms with Gasteiger partial charge in [0.1, 0.15) is 11.5 Å². The highest BCUT2D eigenvalue weighted by Gasteiger charge is 1.96. The molecule has 2 aromatic carbocycles. The first-order valence-electron chi connectivity index (χ1n) is 5.01. The maximum absolute atomic E-state index is 5.76. The smallest absolute Gasteiger partial charge is 0.230 e. The third-order valence-electron chi connectivity index (χ3n) is 2.08. The summed E-state index contributed by atoms with van der Waals surface area (Å²) < 4.78 is 10.8. The highest BCUT2D eigenvalue weighted by molar-refractivity contribution is 6.30. The van der Waals surface area contributed by atoms with Gasteiger partial charge in [-0.2, -0.15) is 0 Å². The van der Waals surface area contributed by atoms with Gasteiger partial charge < -0.3 is 9.47 Å². The molecule has 0 heterocycles. The van der Waals surface area contributed by atoms with E-state index in [4.69, 9.17) is 32.7 Å². The maximum atomic E-state index is 5.76. The first-order chi connectivity index (χ1) is 8.24. The monoisotopic (exact) mass is 340 g/mol. The van der Waals surface area contributed by atoms with E-state index in [-0.39, 0.29) is 31.6 Å². The Balaban J connectivity index is 0.00000162. The van der Waals surface area contributed by atoms with Crippen LogP contribution in [0.5, 0.6) is 11.5 Å². The average molecular weight is 342 g/mol. The van der Waals surface area contributed by atoms with Crippen LogP contribution in [-0.4, -0.2) is 6.79 Å². The summed E-state index contributed by atoms with van der Waals surface area (Å²) >= 11 is 11.5. The molecule has 0 saturated heterocycles. The predicted molar refractivity (Wildman–Crippen MR) is 83.5 cm³/mol. The molecule has 0 spiro atoms. The maximum Gasteiger partial charge on any atom is 0.230 e. The Morgan fingerprint density at radius 2 is 0.947 bits per heavy atom. The molecule has 2 aromatic rings. The van der Waals surface area contributed by atoms with Crippen molar-refractivity contribution in [3.63, 3.8) is 0 Å². The summed E-state index contributed by atoms with van der Waals surface area (Å²) in [5.41, 5.74) is 0. The van der Waals surface area contributed by atoms with Gasteiger partial charge in [0.2, 0.25) is 6.79 Å². The molecule has 0 aromatic heterocycles. The summed E-state index contributed by atoms with van der Waals surface area (Å²) in [7, 11) is 0. The van der Waals surface area contributed by atoms with Crippen molar-refractivity contribution in [3.05, 3.63) is 58.6 Å². The van der Waals surface area contributed by atoms with E-state index < -0.39 is 0 Å². The number of benzene rings is 2. The Bertz CT molecular complexity index is 426. The second-order valence-corrected chi connectivity index (χ2v) is 4.19. The topological polar surface area (TPSA) is 18.5 Å². The first-order valence-corrected chi connectivity index (χ1v) is 5.76. The van der Waals surface area contributed by atoms with Crippen molar-refractivity contribution < 1.29 is 9.47 Å². The van der Waals surface area contributed by atoms with Gasteiger partial charge in [0.25, 0.3) is 0 Å². The van der Waals surface area contributed by atoms with Crippen molar-refractivity contribution >= 4 is 48.0 Å². The van der Waals surface area contributed by atoms with Crippen LogP contribution in [0, 0.1) is 0 Å². The Morgan fingerprint density at radius 3 is 1.26 bits per heavy atom. The molecule has 0 fully saturated rings. The van der Waals surface area contributed by atoms with Crippen molar-refractivity contribution in [2.45, 2.75) is 0 Å². The zero-order chi connectivity index (χ0) is 12.1. The molecular weight excluding hydrogens is 330 g/mol. The number of rotatable bonds is 4. The van der Waals surface area contributed by atoms with E-state index in [1.165, 1.54) is 0 Å². The van der Waals surface area contributed by atoms with Crippen molar-refractivity contribution in [3.8, 4) is 11.5 Å². The van der Waals surface area contributed by atoms with E-state index in [0.29, 0.717) is 21.5 Å². The summed E-state index contributed by atoms with van der Waals surface area (Å²) in [6.45, 7) is 0.142. The van der Waals surface area contributed by atoms with Gasteiger partial charge in [0.15, 0.2) is 0 Å². The lowest BCUT2D eigenvalue weighted by atomic mass is 10.3. The summed E-state index contributed by atoms with van der Waals surface area (Å²) in [6.07, 6.45) is 0. The van der Waals surface area contributed by atoms with Crippen LogP contribution in [-0.2, 0) is 0 Å². The molecule has 0 aliphatic heterocycles. The van der Waals surface area contributed by atoms with Crippen LogP contribution in [0.2, 0.25) is 10.0 Å². The Kier molecular flexibility index (Phi) is 8.77. The van der Waals surface area contributed by atoms with Crippen molar-refractivity contribution in [2.75, 3.05) is 6.79 Å². The highest BCUT2D eigenvalue weighted by atomic mass is 35.5. The van der Waals surface area contributed by atoms with Crippen LogP contribution in [0.15, 0.2) is 48.5 Å². The number of hydrogen-bond donors (Lipinski definition) is 0. The van der Waals surface area contributed by atoms with Gasteiger partial charge in [0.05, 0.1) is 0 Å². The molecule has 2 rings (SSSR count). The Labute approximate surface area is 134 Å². The zero-order valence-electron chi connectivity index (χ0n) is 9.71. The quantitative estimate of drug-likeness (QED) is 0.707. The van der Waals surface area contributed by atoms with E-state index in [9.17, 15) is 0 Å². The summed E-state index contributed by atoms with van der Waals surface area (Å²) in [4.78, 5) is 0. The van der Waals surface area contributed by atoms with Crippen LogP contribution in [0.1, 0.15) is 0 Å². The molecule has 0 radical (unpaired) electrons. The molecule has 6 heteroatoms. The Morgan fingerprint density at radius 1 is 0.632 bits per heavy atom. The van der Waals surface area contributed by atoms with Crippen molar-refractivity contribution in [1.82, 2.24) is 0 Å². The second-order valence-electron chi connectivity index (χ2n) is 3.31. The van der Waals surface area contributed by atoms with Crippen LogP contribution < -0.4 is 9.47 Å². The lowest BCUT2D eigenvalue weighted by Gasteiger charge is -2.08. The summed E-state index contributed by atoms with van der Waals surface area (Å²) in [6, 6.07) is 14.2. The lowest BCUT2D eigenvalue weighted by Crippen LogP contribution is -2.05. The average Bonchev–Trinajstić information content (AvgIpc) is 2.34. The fourth-order valence-corrected chi connectivity index (χ4v) is 1.48. The molecule has 0 amide bonds. The van der Waals surface area contributed by atoms with Crippen molar-refractivity contribution in [2.24, 2.45) is 0 Å². The van der Waals surface area contributed by atoms with Gasteiger partial charge in [-0.15, -0.1) is 24.8 Å². The van der Waals surface area contributed by atoms with Gasteiger partial charge in [-0.05, 0) is 48.5 Å². The third-order valence-corrected chi connectivity index (χ3v) is 2.58. The predicted octanol–water partition coefficient (Wildman–Crippen LogP) is 5.25. The molecule has 0 aliphatic carbocycles. The Hall–Kier alpha value is -0.800. The minimum absolute atomic E-state index is 0. The molecule has 19 heavy (non-hydrogen) atoms. The van der Waals surface area contributed by atoms with E-state index >= 15 is 0 Å². The van der Waals surface area contributed by atoms with E-state index in [1.807, 2.05) is 0 Å². The SMILES string of the molecule is Cl.Cl.Clc1ccc(OCOc2ccc(Cl)cc2)cc1.